The van der Waals surface area contributed by atoms with Crippen molar-refractivity contribution >= 4 is 10.1 Å². The molecule has 1 aliphatic heterocycles. The van der Waals surface area contributed by atoms with Gasteiger partial charge in [-0.2, -0.15) is 8.42 Å². The maximum absolute atomic E-state index is 12.4. The van der Waals surface area contributed by atoms with E-state index in [1.807, 2.05) is 6.92 Å². The van der Waals surface area contributed by atoms with Crippen molar-refractivity contribution in [3.05, 3.63) is 29.8 Å². The van der Waals surface area contributed by atoms with Gasteiger partial charge >= 0.3 is 0 Å². The third-order valence-electron chi connectivity index (χ3n) is 4.70. The fraction of sp³-hybridized carbons (Fsp3) is 0.684. The molecule has 0 radical (unpaired) electrons. The fourth-order valence-corrected chi connectivity index (χ4v) is 4.36. The fourth-order valence-electron chi connectivity index (χ4n) is 3.39. The molecule has 1 N–H and O–H groups in total. The molecular weight excluding hydrogens is 340 g/mol. The van der Waals surface area contributed by atoms with Crippen LogP contribution < -0.4 is 0 Å². The van der Waals surface area contributed by atoms with Crippen molar-refractivity contribution in [2.45, 2.75) is 57.0 Å². The van der Waals surface area contributed by atoms with Crippen LogP contribution >= 0.6 is 0 Å². The first-order valence-corrected chi connectivity index (χ1v) is 10.3. The molecule has 6 heteroatoms. The molecule has 0 bridgehead atoms. The second-order valence-corrected chi connectivity index (χ2v) is 9.28. The summed E-state index contributed by atoms with van der Waals surface area (Å²) in [4.78, 5) is 0.185. The summed E-state index contributed by atoms with van der Waals surface area (Å²) in [6, 6.07) is 6.66. The van der Waals surface area contributed by atoms with Crippen LogP contribution in [0.15, 0.2) is 29.2 Å². The van der Waals surface area contributed by atoms with Gasteiger partial charge in [-0.25, -0.2) is 0 Å². The highest BCUT2D eigenvalue weighted by Gasteiger charge is 2.33. The number of aliphatic hydroxyl groups is 1. The zero-order valence-electron chi connectivity index (χ0n) is 15.4. The highest BCUT2D eigenvalue weighted by atomic mass is 32.2. The normalized spacial score (nSPS) is 21.4. The van der Waals surface area contributed by atoms with Gasteiger partial charge in [-0.05, 0) is 70.4 Å². The lowest BCUT2D eigenvalue weighted by molar-refractivity contribution is 0.0343. The summed E-state index contributed by atoms with van der Waals surface area (Å²) in [6.07, 6.45) is 3.21. The van der Waals surface area contributed by atoms with E-state index in [-0.39, 0.29) is 29.6 Å². The molecule has 2 unspecified atom stereocenters. The Labute approximate surface area is 151 Å². The average molecular weight is 371 g/mol. The number of aryl methyl sites for hydroxylation is 1. The molecule has 1 aromatic rings. The molecule has 0 aromatic heterocycles. The predicted molar refractivity (Wildman–Crippen MR) is 96.9 cm³/mol. The third-order valence-corrected chi connectivity index (χ3v) is 5.99. The van der Waals surface area contributed by atoms with Gasteiger partial charge in [-0.15, -0.1) is 0 Å². The Morgan fingerprint density at radius 3 is 2.56 bits per heavy atom. The van der Waals surface area contributed by atoms with Crippen LogP contribution in [0, 0.1) is 18.8 Å². The Balaban J connectivity index is 1.95. The first-order valence-electron chi connectivity index (χ1n) is 8.93. The van der Waals surface area contributed by atoms with E-state index in [9.17, 15) is 8.42 Å². The highest BCUT2D eigenvalue weighted by Crippen LogP contribution is 2.34. The Hall–Kier alpha value is -0.950. The van der Waals surface area contributed by atoms with Crippen LogP contribution in [0.25, 0.3) is 0 Å². The van der Waals surface area contributed by atoms with Crippen LogP contribution in [-0.2, 0) is 19.0 Å². The summed E-state index contributed by atoms with van der Waals surface area (Å²) >= 11 is 0. The van der Waals surface area contributed by atoms with Gasteiger partial charge < -0.3 is 9.84 Å². The van der Waals surface area contributed by atoms with Crippen LogP contribution in [-0.4, -0.2) is 38.9 Å². The molecule has 2 atom stereocenters. The molecule has 2 rings (SSSR count). The monoisotopic (exact) mass is 370 g/mol. The number of hydrogen-bond acceptors (Lipinski definition) is 5. The molecule has 1 heterocycles. The molecule has 0 saturated carbocycles. The van der Waals surface area contributed by atoms with Gasteiger partial charge in [0, 0.05) is 6.61 Å². The smallest absolute Gasteiger partial charge is 0.296 e. The topological polar surface area (TPSA) is 72.8 Å². The molecular formula is C19H30O5S. The van der Waals surface area contributed by atoms with E-state index in [2.05, 4.69) is 13.8 Å². The SMILES string of the molecule is Cc1ccc(S(=O)(=O)OCC(CCCO)CC2COC(C)(C)C2)cc1. The predicted octanol–water partition coefficient (Wildman–Crippen LogP) is 3.29. The van der Waals surface area contributed by atoms with Gasteiger partial charge in [0.15, 0.2) is 0 Å². The van der Waals surface area contributed by atoms with E-state index in [0.717, 1.165) is 24.8 Å². The van der Waals surface area contributed by atoms with E-state index in [4.69, 9.17) is 14.0 Å². The quantitative estimate of drug-likeness (QED) is 0.675. The molecule has 1 aromatic carbocycles. The number of hydrogen-bond donors (Lipinski definition) is 1. The summed E-state index contributed by atoms with van der Waals surface area (Å²) in [5, 5.41) is 9.11. The molecule has 1 fully saturated rings. The summed E-state index contributed by atoms with van der Waals surface area (Å²) in [5.74, 6) is 0.499. The van der Waals surface area contributed by atoms with E-state index < -0.39 is 10.1 Å². The third kappa shape index (κ3) is 6.37. The van der Waals surface area contributed by atoms with Gasteiger partial charge in [-0.3, -0.25) is 4.18 Å². The van der Waals surface area contributed by atoms with E-state index in [0.29, 0.717) is 18.9 Å². The van der Waals surface area contributed by atoms with Crippen molar-refractivity contribution in [2.24, 2.45) is 11.8 Å². The number of benzene rings is 1. The van der Waals surface area contributed by atoms with E-state index in [1.54, 1.807) is 24.3 Å². The van der Waals surface area contributed by atoms with E-state index in [1.165, 1.54) is 0 Å². The largest absolute Gasteiger partial charge is 0.396 e. The molecule has 142 valence electrons. The second-order valence-electron chi connectivity index (χ2n) is 7.66. The number of rotatable bonds is 9. The minimum atomic E-state index is -3.75. The van der Waals surface area contributed by atoms with Crippen molar-refractivity contribution < 1.29 is 22.4 Å². The maximum Gasteiger partial charge on any atom is 0.296 e. The summed E-state index contributed by atoms with van der Waals surface area (Å²) < 4.78 is 35.8. The molecule has 0 aliphatic carbocycles. The Bertz CT molecular complexity index is 636. The van der Waals surface area contributed by atoms with Crippen LogP contribution in [0.2, 0.25) is 0 Å². The van der Waals surface area contributed by atoms with Crippen LogP contribution in [0.5, 0.6) is 0 Å². The van der Waals surface area contributed by atoms with Gasteiger partial charge in [-0.1, -0.05) is 17.7 Å². The highest BCUT2D eigenvalue weighted by molar-refractivity contribution is 7.86. The minimum absolute atomic E-state index is 0.0925. The molecule has 0 amide bonds. The molecule has 25 heavy (non-hydrogen) atoms. The lowest BCUT2D eigenvalue weighted by Gasteiger charge is -2.20. The zero-order valence-corrected chi connectivity index (χ0v) is 16.2. The molecule has 0 spiro atoms. The van der Waals surface area contributed by atoms with Crippen molar-refractivity contribution in [2.75, 3.05) is 19.8 Å². The van der Waals surface area contributed by atoms with Gasteiger partial charge in [0.25, 0.3) is 10.1 Å². The molecule has 1 saturated heterocycles. The van der Waals surface area contributed by atoms with Crippen molar-refractivity contribution in [3.8, 4) is 0 Å². The van der Waals surface area contributed by atoms with Gasteiger partial charge in [0.2, 0.25) is 0 Å². The van der Waals surface area contributed by atoms with E-state index >= 15 is 0 Å². The summed E-state index contributed by atoms with van der Waals surface area (Å²) in [6.45, 7) is 7.02. The van der Waals surface area contributed by atoms with Crippen molar-refractivity contribution in [1.29, 1.82) is 0 Å². The maximum atomic E-state index is 12.4. The first-order chi connectivity index (χ1) is 11.7. The number of aliphatic hydroxyl groups excluding tert-OH is 1. The first kappa shape index (κ1) is 20.4. The van der Waals surface area contributed by atoms with Crippen molar-refractivity contribution in [3.63, 3.8) is 0 Å². The molecule has 5 nitrogen and oxygen atoms in total. The second kappa shape index (κ2) is 8.62. The average Bonchev–Trinajstić information content (AvgIpc) is 2.89. The molecule has 1 aliphatic rings. The minimum Gasteiger partial charge on any atom is -0.396 e. The number of ether oxygens (including phenoxy) is 1. The lowest BCUT2D eigenvalue weighted by Crippen LogP contribution is -2.20. The van der Waals surface area contributed by atoms with Crippen LogP contribution in [0.4, 0.5) is 0 Å². The Morgan fingerprint density at radius 1 is 1.32 bits per heavy atom. The standard InChI is InChI=1S/C19H30O5S/c1-15-6-8-18(9-7-15)25(21,22)24-14-16(5-4-10-20)11-17-12-19(2,3)23-13-17/h6-9,16-17,20H,4-5,10-14H2,1-3H3. The Kier molecular flexibility index (Phi) is 7.02. The van der Waals surface area contributed by atoms with Crippen molar-refractivity contribution in [1.82, 2.24) is 0 Å². The lowest BCUT2D eigenvalue weighted by atomic mass is 9.87. The van der Waals surface area contributed by atoms with Gasteiger partial charge in [0.1, 0.15) is 0 Å². The summed E-state index contributed by atoms with van der Waals surface area (Å²) in [5.41, 5.74) is 0.893. The van der Waals surface area contributed by atoms with Gasteiger partial charge in [0.05, 0.1) is 23.7 Å². The van der Waals surface area contributed by atoms with Crippen LogP contribution in [0.1, 0.15) is 45.1 Å². The Morgan fingerprint density at radius 2 is 2.00 bits per heavy atom. The van der Waals surface area contributed by atoms with Crippen LogP contribution in [0.3, 0.4) is 0 Å². The zero-order chi connectivity index (χ0) is 18.5. The summed E-state index contributed by atoms with van der Waals surface area (Å²) in [7, 11) is -3.75.